The van der Waals surface area contributed by atoms with Gasteiger partial charge in [-0.1, -0.05) is 36.4 Å². The first-order valence-corrected chi connectivity index (χ1v) is 10.9. The molecule has 0 unspecified atom stereocenters. The van der Waals surface area contributed by atoms with Crippen molar-refractivity contribution in [3.63, 3.8) is 0 Å². The van der Waals surface area contributed by atoms with E-state index in [1.54, 1.807) is 11.3 Å². The molecule has 3 heterocycles. The summed E-state index contributed by atoms with van der Waals surface area (Å²) in [5.41, 5.74) is 5.54. The van der Waals surface area contributed by atoms with Crippen molar-refractivity contribution in [2.45, 2.75) is 13.8 Å². The maximum absolute atomic E-state index is 4.87. The second-order valence-electron chi connectivity index (χ2n) is 7.26. The third-order valence-corrected chi connectivity index (χ3v) is 6.42. The predicted octanol–water partition coefficient (Wildman–Crippen LogP) is 7.13. The van der Waals surface area contributed by atoms with Gasteiger partial charge >= 0.3 is 0 Å². The summed E-state index contributed by atoms with van der Waals surface area (Å²) in [5.74, 6) is 0. The second kappa shape index (κ2) is 8.20. The molecule has 0 spiro atoms. The van der Waals surface area contributed by atoms with E-state index in [0.717, 1.165) is 54.4 Å². The number of hydrogen-bond acceptors (Lipinski definition) is 5. The van der Waals surface area contributed by atoms with Gasteiger partial charge in [-0.2, -0.15) is 0 Å². The van der Waals surface area contributed by atoms with E-state index in [1.807, 2.05) is 62.6 Å². The summed E-state index contributed by atoms with van der Waals surface area (Å²) in [6.45, 7) is 4.08. The van der Waals surface area contributed by atoms with Gasteiger partial charge in [0.15, 0.2) is 0 Å². The molecular formula is C26H20N4S. The highest BCUT2D eigenvalue weighted by Crippen LogP contribution is 2.28. The first-order chi connectivity index (χ1) is 15.2. The average molecular weight is 421 g/mol. The summed E-state index contributed by atoms with van der Waals surface area (Å²) in [7, 11) is 0. The number of fused-ring (bicyclic) bond motifs is 2. The highest BCUT2D eigenvalue weighted by atomic mass is 32.1. The average Bonchev–Trinajstić information content (AvgIpc) is 3.30. The molecule has 150 valence electrons. The number of hydrogen-bond donors (Lipinski definition) is 0. The van der Waals surface area contributed by atoms with Crippen LogP contribution in [0.3, 0.4) is 0 Å². The van der Waals surface area contributed by atoms with Gasteiger partial charge in [-0.05, 0) is 50.2 Å². The van der Waals surface area contributed by atoms with Crippen molar-refractivity contribution < 1.29 is 0 Å². The molecule has 4 nitrogen and oxygen atoms in total. The largest absolute Gasteiger partial charge is 0.254 e. The Kier molecular flexibility index (Phi) is 5.10. The van der Waals surface area contributed by atoms with Crippen LogP contribution in [0.2, 0.25) is 0 Å². The van der Waals surface area contributed by atoms with Gasteiger partial charge in [0, 0.05) is 32.9 Å². The normalized spacial score (nSPS) is 12.6. The van der Waals surface area contributed by atoms with Gasteiger partial charge in [0.1, 0.15) is 0 Å². The molecule has 0 saturated carbocycles. The van der Waals surface area contributed by atoms with Gasteiger partial charge in [-0.3, -0.25) is 9.97 Å². The van der Waals surface area contributed by atoms with Crippen LogP contribution in [-0.4, -0.2) is 21.4 Å². The number of rotatable bonds is 4. The molecule has 5 heteroatoms. The van der Waals surface area contributed by atoms with Crippen LogP contribution in [0.15, 0.2) is 95.2 Å². The van der Waals surface area contributed by atoms with Crippen molar-refractivity contribution in [3.05, 3.63) is 94.9 Å². The molecule has 0 N–H and O–H groups in total. The maximum atomic E-state index is 4.87. The van der Waals surface area contributed by atoms with Crippen LogP contribution < -0.4 is 0 Å². The molecule has 0 amide bonds. The fourth-order valence-corrected chi connectivity index (χ4v) is 4.45. The first kappa shape index (κ1) is 19.3. The molecule has 0 atom stereocenters. The molecule has 0 saturated heterocycles. The number of nitrogens with zero attached hydrogens (tertiary/aromatic N) is 4. The quantitative estimate of drug-likeness (QED) is 0.290. The van der Waals surface area contributed by atoms with Crippen LogP contribution in [0.1, 0.15) is 23.6 Å². The van der Waals surface area contributed by atoms with Gasteiger partial charge in [0.25, 0.3) is 0 Å². The zero-order valence-corrected chi connectivity index (χ0v) is 18.1. The highest BCUT2D eigenvalue weighted by Gasteiger charge is 2.09. The van der Waals surface area contributed by atoms with E-state index in [0.29, 0.717) is 0 Å². The number of pyridine rings is 2. The second-order valence-corrected chi connectivity index (χ2v) is 8.35. The van der Waals surface area contributed by atoms with Crippen LogP contribution in [0.5, 0.6) is 0 Å². The number of benzene rings is 2. The van der Waals surface area contributed by atoms with Gasteiger partial charge < -0.3 is 0 Å². The minimum Gasteiger partial charge on any atom is -0.254 e. The molecule has 31 heavy (non-hydrogen) atoms. The Morgan fingerprint density at radius 3 is 1.55 bits per heavy atom. The van der Waals surface area contributed by atoms with Gasteiger partial charge in [0.05, 0.1) is 33.8 Å². The number of thiophene rings is 1. The Bertz CT molecular complexity index is 1340. The zero-order valence-electron chi connectivity index (χ0n) is 17.3. The molecule has 0 bridgehead atoms. The van der Waals surface area contributed by atoms with Crippen molar-refractivity contribution in [2.75, 3.05) is 0 Å². The van der Waals surface area contributed by atoms with Gasteiger partial charge in [-0.15, -0.1) is 11.3 Å². The van der Waals surface area contributed by atoms with Crippen molar-refractivity contribution in [1.29, 1.82) is 0 Å². The minimum absolute atomic E-state index is 0.887. The molecule has 3 aromatic heterocycles. The molecule has 0 aliphatic carbocycles. The fraction of sp³-hybridized carbons (Fsp3) is 0.0769. The molecule has 0 aliphatic rings. The Morgan fingerprint density at radius 2 is 1.06 bits per heavy atom. The minimum atomic E-state index is 0.887. The maximum Gasteiger partial charge on any atom is 0.0958 e. The molecule has 0 fully saturated rings. The molecule has 5 aromatic rings. The lowest BCUT2D eigenvalue weighted by Gasteiger charge is -2.03. The van der Waals surface area contributed by atoms with E-state index in [2.05, 4.69) is 46.4 Å². The van der Waals surface area contributed by atoms with E-state index in [-0.39, 0.29) is 0 Å². The Balaban J connectivity index is 1.48. The van der Waals surface area contributed by atoms with Crippen LogP contribution in [0, 0.1) is 0 Å². The van der Waals surface area contributed by atoms with E-state index < -0.39 is 0 Å². The Morgan fingerprint density at radius 1 is 0.613 bits per heavy atom. The van der Waals surface area contributed by atoms with E-state index >= 15 is 0 Å². The van der Waals surface area contributed by atoms with Crippen molar-refractivity contribution in [2.24, 2.45) is 9.98 Å². The van der Waals surface area contributed by atoms with Crippen LogP contribution in [0.4, 0.5) is 11.4 Å². The topological polar surface area (TPSA) is 50.5 Å². The van der Waals surface area contributed by atoms with Crippen LogP contribution >= 0.6 is 11.3 Å². The van der Waals surface area contributed by atoms with Gasteiger partial charge in [0.2, 0.25) is 0 Å². The Labute approximate surface area is 184 Å². The summed E-state index contributed by atoms with van der Waals surface area (Å²) in [5, 5.41) is 2.19. The Hall–Kier alpha value is -3.70. The summed E-state index contributed by atoms with van der Waals surface area (Å²) in [6.07, 6.45) is 3.61. The lowest BCUT2D eigenvalue weighted by atomic mass is 10.2. The van der Waals surface area contributed by atoms with Crippen LogP contribution in [-0.2, 0) is 0 Å². The first-order valence-electron chi connectivity index (χ1n) is 10.1. The number of aliphatic imine (C=N–C) groups is 2. The van der Waals surface area contributed by atoms with Crippen molar-refractivity contribution in [1.82, 2.24) is 9.97 Å². The monoisotopic (exact) mass is 420 g/mol. The predicted molar refractivity (Wildman–Crippen MR) is 132 cm³/mol. The van der Waals surface area contributed by atoms with E-state index in [1.165, 1.54) is 0 Å². The van der Waals surface area contributed by atoms with Crippen molar-refractivity contribution >= 4 is 55.9 Å². The SMILES string of the molecule is CC(=Nc1cccc2cccnc12)c1ccc(C(C)=Nc2cccc3cccnc23)s1. The number of aromatic nitrogens is 2. The summed E-state index contributed by atoms with van der Waals surface area (Å²) in [4.78, 5) is 21.0. The lowest BCUT2D eigenvalue weighted by molar-refractivity contribution is 1.39. The molecule has 5 rings (SSSR count). The smallest absolute Gasteiger partial charge is 0.0958 e. The highest BCUT2D eigenvalue weighted by molar-refractivity contribution is 7.16. The lowest BCUT2D eigenvalue weighted by Crippen LogP contribution is -1.91. The van der Waals surface area contributed by atoms with Crippen molar-refractivity contribution in [3.8, 4) is 0 Å². The third kappa shape index (κ3) is 3.88. The summed E-state index contributed by atoms with van der Waals surface area (Å²) >= 11 is 1.70. The van der Waals surface area contributed by atoms with Crippen LogP contribution in [0.25, 0.3) is 21.8 Å². The number of para-hydroxylation sites is 2. The molecule has 0 aliphatic heterocycles. The molecule has 2 aromatic carbocycles. The fourth-order valence-electron chi connectivity index (χ4n) is 3.55. The standard InChI is InChI=1S/C26H20N4S/c1-17(29-21-11-3-7-19-9-5-15-27-25(19)21)23-13-14-24(31-23)18(2)30-22-12-4-8-20-10-6-16-28-26(20)22/h3-16H,1-2H3. The molecule has 0 radical (unpaired) electrons. The van der Waals surface area contributed by atoms with E-state index in [4.69, 9.17) is 9.98 Å². The summed E-state index contributed by atoms with van der Waals surface area (Å²) < 4.78 is 0. The summed E-state index contributed by atoms with van der Waals surface area (Å²) in [6, 6.07) is 24.4. The zero-order chi connectivity index (χ0) is 21.2. The third-order valence-electron chi connectivity index (χ3n) is 5.12. The van der Waals surface area contributed by atoms with E-state index in [9.17, 15) is 0 Å². The van der Waals surface area contributed by atoms with Gasteiger partial charge in [-0.25, -0.2) is 9.98 Å². The molecular weight excluding hydrogens is 400 g/mol.